The number of benzene rings is 1. The third kappa shape index (κ3) is 3.18. The summed E-state index contributed by atoms with van der Waals surface area (Å²) in [4.78, 5) is 0. The fraction of sp³-hybridized carbons (Fsp3) is 0.231. The van der Waals surface area contributed by atoms with Crippen molar-refractivity contribution in [2.45, 2.75) is 13.2 Å². The van der Waals surface area contributed by atoms with Crippen LogP contribution in [0.15, 0.2) is 36.7 Å². The van der Waals surface area contributed by atoms with Crippen LogP contribution < -0.4 is 5.73 Å². The van der Waals surface area contributed by atoms with Gasteiger partial charge >= 0.3 is 0 Å². The van der Waals surface area contributed by atoms with E-state index in [2.05, 4.69) is 5.10 Å². The smallest absolute Gasteiger partial charge is 0.122 e. The standard InChI is InChI=1S/C13H16N4O/c1-17-7-11(6-16-17)9-18-8-10-3-2-4-12(5-10)13(14)15/h2-7H,8-9H2,1H3,(H3,14,15). The van der Waals surface area contributed by atoms with Gasteiger partial charge in [-0.15, -0.1) is 0 Å². The molecule has 0 saturated carbocycles. The maximum Gasteiger partial charge on any atom is 0.122 e. The molecule has 18 heavy (non-hydrogen) atoms. The average Bonchev–Trinajstić information content (AvgIpc) is 2.75. The van der Waals surface area contributed by atoms with E-state index in [1.165, 1.54) is 0 Å². The first kappa shape index (κ1) is 12.3. The van der Waals surface area contributed by atoms with Crippen molar-refractivity contribution in [3.63, 3.8) is 0 Å². The Morgan fingerprint density at radius 2 is 2.17 bits per heavy atom. The minimum absolute atomic E-state index is 0.0732. The molecule has 0 fully saturated rings. The monoisotopic (exact) mass is 244 g/mol. The van der Waals surface area contributed by atoms with Crippen molar-refractivity contribution >= 4 is 5.84 Å². The summed E-state index contributed by atoms with van der Waals surface area (Å²) >= 11 is 0. The second kappa shape index (κ2) is 5.46. The van der Waals surface area contributed by atoms with E-state index < -0.39 is 0 Å². The quantitative estimate of drug-likeness (QED) is 0.617. The van der Waals surface area contributed by atoms with E-state index in [0.29, 0.717) is 13.2 Å². The highest BCUT2D eigenvalue weighted by molar-refractivity contribution is 5.95. The largest absolute Gasteiger partial charge is 0.384 e. The predicted octanol–water partition coefficient (Wildman–Crippen LogP) is 1.42. The molecule has 2 aromatic rings. The molecule has 5 nitrogen and oxygen atoms in total. The first-order valence-corrected chi connectivity index (χ1v) is 5.64. The van der Waals surface area contributed by atoms with Gasteiger partial charge in [-0.2, -0.15) is 5.10 Å². The number of nitrogens with one attached hydrogen (secondary N) is 1. The highest BCUT2D eigenvalue weighted by atomic mass is 16.5. The van der Waals surface area contributed by atoms with Gasteiger partial charge in [-0.1, -0.05) is 18.2 Å². The maximum atomic E-state index is 7.37. The van der Waals surface area contributed by atoms with Crippen LogP contribution in [0.5, 0.6) is 0 Å². The Bertz CT molecular complexity index is 547. The molecule has 1 aromatic heterocycles. The lowest BCUT2D eigenvalue weighted by molar-refractivity contribution is 0.107. The van der Waals surface area contributed by atoms with Crippen LogP contribution in [0.25, 0.3) is 0 Å². The van der Waals surface area contributed by atoms with Crippen LogP contribution in [0.3, 0.4) is 0 Å². The molecule has 0 spiro atoms. The van der Waals surface area contributed by atoms with Crippen molar-refractivity contribution in [3.8, 4) is 0 Å². The molecule has 0 aliphatic rings. The molecule has 0 atom stereocenters. The lowest BCUT2D eigenvalue weighted by Gasteiger charge is -2.05. The molecule has 3 N–H and O–H groups in total. The van der Waals surface area contributed by atoms with E-state index in [0.717, 1.165) is 16.7 Å². The van der Waals surface area contributed by atoms with Crippen molar-refractivity contribution in [1.29, 1.82) is 5.41 Å². The molecule has 0 amide bonds. The number of amidine groups is 1. The molecule has 0 radical (unpaired) electrons. The number of aromatic nitrogens is 2. The number of nitrogens with zero attached hydrogens (tertiary/aromatic N) is 2. The van der Waals surface area contributed by atoms with Gasteiger partial charge < -0.3 is 10.5 Å². The van der Waals surface area contributed by atoms with Gasteiger partial charge in [-0.3, -0.25) is 10.1 Å². The fourth-order valence-electron chi connectivity index (χ4n) is 1.66. The zero-order valence-corrected chi connectivity index (χ0v) is 10.3. The van der Waals surface area contributed by atoms with Crippen LogP contribution in [0, 0.1) is 5.41 Å². The molecule has 5 heteroatoms. The van der Waals surface area contributed by atoms with Crippen LogP contribution in [-0.4, -0.2) is 15.6 Å². The van der Waals surface area contributed by atoms with Gasteiger partial charge in [-0.25, -0.2) is 0 Å². The predicted molar refractivity (Wildman–Crippen MR) is 69.2 cm³/mol. The van der Waals surface area contributed by atoms with Crippen LogP contribution in [0.2, 0.25) is 0 Å². The minimum atomic E-state index is 0.0732. The van der Waals surface area contributed by atoms with Crippen molar-refractivity contribution < 1.29 is 4.74 Å². The number of rotatable bonds is 5. The van der Waals surface area contributed by atoms with Crippen LogP contribution in [-0.2, 0) is 25.0 Å². The van der Waals surface area contributed by atoms with E-state index in [4.69, 9.17) is 15.9 Å². The Morgan fingerprint density at radius 3 is 2.83 bits per heavy atom. The van der Waals surface area contributed by atoms with Crippen LogP contribution >= 0.6 is 0 Å². The summed E-state index contributed by atoms with van der Waals surface area (Å²) < 4.78 is 7.33. The summed E-state index contributed by atoms with van der Waals surface area (Å²) in [5.74, 6) is 0.0732. The van der Waals surface area contributed by atoms with E-state index in [1.807, 2.05) is 37.5 Å². The van der Waals surface area contributed by atoms with Crippen molar-refractivity contribution in [1.82, 2.24) is 9.78 Å². The number of aryl methyl sites for hydroxylation is 1. The molecule has 2 rings (SSSR count). The van der Waals surface area contributed by atoms with E-state index in [-0.39, 0.29) is 5.84 Å². The Kier molecular flexibility index (Phi) is 3.74. The lowest BCUT2D eigenvalue weighted by Crippen LogP contribution is -2.11. The summed E-state index contributed by atoms with van der Waals surface area (Å²) in [6.07, 6.45) is 3.71. The van der Waals surface area contributed by atoms with Gasteiger partial charge in [0.15, 0.2) is 0 Å². The average molecular weight is 244 g/mol. The van der Waals surface area contributed by atoms with Gasteiger partial charge in [0, 0.05) is 24.4 Å². The molecule has 0 aliphatic carbocycles. The van der Waals surface area contributed by atoms with Crippen LogP contribution in [0.4, 0.5) is 0 Å². The summed E-state index contributed by atoms with van der Waals surface area (Å²) in [5, 5.41) is 11.4. The summed E-state index contributed by atoms with van der Waals surface area (Å²) in [5.41, 5.74) is 8.20. The van der Waals surface area contributed by atoms with Crippen LogP contribution in [0.1, 0.15) is 16.7 Å². The number of ether oxygens (including phenoxy) is 1. The van der Waals surface area contributed by atoms with Gasteiger partial charge in [-0.05, 0) is 11.6 Å². The summed E-state index contributed by atoms with van der Waals surface area (Å²) in [6.45, 7) is 1.02. The Balaban J connectivity index is 1.90. The van der Waals surface area contributed by atoms with Gasteiger partial charge in [0.1, 0.15) is 5.84 Å². The Morgan fingerprint density at radius 1 is 1.39 bits per heavy atom. The normalized spacial score (nSPS) is 10.5. The first-order chi connectivity index (χ1) is 8.65. The number of nitrogen functional groups attached to an aromatic ring is 1. The molecule has 0 unspecified atom stereocenters. The lowest BCUT2D eigenvalue weighted by atomic mass is 10.1. The number of hydrogen-bond acceptors (Lipinski definition) is 3. The number of nitrogens with two attached hydrogens (primary N) is 1. The molecule has 1 aromatic carbocycles. The maximum absolute atomic E-state index is 7.37. The second-order valence-electron chi connectivity index (χ2n) is 4.13. The van der Waals surface area contributed by atoms with Crippen molar-refractivity contribution in [2.24, 2.45) is 12.8 Å². The SMILES string of the molecule is Cn1cc(COCc2cccc(C(=N)N)c2)cn1. The topological polar surface area (TPSA) is 76.9 Å². The molecule has 0 bridgehead atoms. The van der Waals surface area contributed by atoms with Gasteiger partial charge in [0.2, 0.25) is 0 Å². The van der Waals surface area contributed by atoms with Crippen molar-refractivity contribution in [3.05, 3.63) is 53.3 Å². The molecular formula is C13H16N4O. The van der Waals surface area contributed by atoms with Gasteiger partial charge in [0.25, 0.3) is 0 Å². The number of hydrogen-bond donors (Lipinski definition) is 2. The summed E-state index contributed by atoms with van der Waals surface area (Å²) in [7, 11) is 1.87. The Hall–Kier alpha value is -2.14. The minimum Gasteiger partial charge on any atom is -0.384 e. The highest BCUT2D eigenvalue weighted by Crippen LogP contribution is 2.08. The van der Waals surface area contributed by atoms with E-state index >= 15 is 0 Å². The third-order valence-corrected chi connectivity index (χ3v) is 2.53. The van der Waals surface area contributed by atoms with E-state index in [1.54, 1.807) is 10.9 Å². The molecule has 0 saturated heterocycles. The highest BCUT2D eigenvalue weighted by Gasteiger charge is 2.00. The molecule has 94 valence electrons. The summed E-state index contributed by atoms with van der Waals surface area (Å²) in [6, 6.07) is 7.51. The third-order valence-electron chi connectivity index (χ3n) is 2.53. The van der Waals surface area contributed by atoms with Gasteiger partial charge in [0.05, 0.1) is 19.4 Å². The molecular weight excluding hydrogens is 228 g/mol. The Labute approximate surface area is 106 Å². The molecule has 0 aliphatic heterocycles. The second-order valence-corrected chi connectivity index (χ2v) is 4.13. The zero-order valence-electron chi connectivity index (χ0n) is 10.3. The molecule has 1 heterocycles. The van der Waals surface area contributed by atoms with E-state index in [9.17, 15) is 0 Å². The zero-order chi connectivity index (χ0) is 13.0. The van der Waals surface area contributed by atoms with Crippen molar-refractivity contribution in [2.75, 3.05) is 0 Å². The first-order valence-electron chi connectivity index (χ1n) is 5.64. The fourth-order valence-corrected chi connectivity index (χ4v) is 1.66.